The molecule has 0 amide bonds. The molecule has 0 aromatic rings. The Kier molecular flexibility index (Phi) is 2.49. The summed E-state index contributed by atoms with van der Waals surface area (Å²) in [6.07, 6.45) is 2.45. The topological polar surface area (TPSA) is 23.5 Å². The molecular formula is C7H15NO. The van der Waals surface area contributed by atoms with Crippen molar-refractivity contribution in [1.29, 1.82) is 0 Å². The molecule has 1 saturated heterocycles. The number of likely N-dealkylation sites (N-methyl/N-ethyl adjacent to an activating group) is 1. The summed E-state index contributed by atoms with van der Waals surface area (Å²) >= 11 is 0. The maximum Gasteiger partial charge on any atom is 0.0586 e. The summed E-state index contributed by atoms with van der Waals surface area (Å²) < 4.78 is 0. The van der Waals surface area contributed by atoms with E-state index >= 15 is 0 Å². The smallest absolute Gasteiger partial charge is 0.0586 e. The minimum Gasteiger partial charge on any atom is -0.395 e. The molecule has 1 heterocycles. The first-order valence-electron chi connectivity index (χ1n) is 3.73. The number of nitrogens with zero attached hydrogens (tertiary/aromatic N) is 1. The summed E-state index contributed by atoms with van der Waals surface area (Å²) in [5.74, 6) is 0. The van der Waals surface area contributed by atoms with Gasteiger partial charge in [-0.1, -0.05) is 6.92 Å². The predicted octanol–water partition coefficient (Wildman–Crippen LogP) is 0.463. The summed E-state index contributed by atoms with van der Waals surface area (Å²) in [5, 5.41) is 8.83. The van der Waals surface area contributed by atoms with Gasteiger partial charge >= 0.3 is 0 Å². The molecule has 0 bridgehead atoms. The van der Waals surface area contributed by atoms with Gasteiger partial charge in [-0.25, -0.2) is 0 Å². The molecule has 0 aromatic heterocycles. The molecule has 1 atom stereocenters. The lowest BCUT2D eigenvalue weighted by Crippen LogP contribution is -2.31. The molecule has 0 aromatic carbocycles. The van der Waals surface area contributed by atoms with E-state index < -0.39 is 0 Å². The zero-order valence-electron chi connectivity index (χ0n) is 6.01. The summed E-state index contributed by atoms with van der Waals surface area (Å²) in [4.78, 5) is 2.33. The molecule has 54 valence electrons. The van der Waals surface area contributed by atoms with Gasteiger partial charge in [0, 0.05) is 6.04 Å². The fraction of sp³-hybridized carbons (Fsp3) is 1.00. The van der Waals surface area contributed by atoms with Crippen LogP contribution in [0, 0.1) is 0 Å². The van der Waals surface area contributed by atoms with Crippen LogP contribution in [-0.4, -0.2) is 35.7 Å². The highest BCUT2D eigenvalue weighted by Crippen LogP contribution is 2.14. The Labute approximate surface area is 56.5 Å². The van der Waals surface area contributed by atoms with E-state index in [0.29, 0.717) is 12.6 Å². The number of rotatable bonds is 2. The van der Waals surface area contributed by atoms with Gasteiger partial charge in [0.1, 0.15) is 0 Å². The molecule has 1 fully saturated rings. The molecule has 0 radical (unpaired) electrons. The Hall–Kier alpha value is -0.0800. The second-order valence-electron chi connectivity index (χ2n) is 2.61. The van der Waals surface area contributed by atoms with Crippen molar-refractivity contribution in [3.05, 3.63) is 0 Å². The molecule has 2 nitrogen and oxygen atoms in total. The third-order valence-corrected chi connectivity index (χ3v) is 2.12. The van der Waals surface area contributed by atoms with Crippen LogP contribution in [0.4, 0.5) is 0 Å². The van der Waals surface area contributed by atoms with Gasteiger partial charge < -0.3 is 5.11 Å². The van der Waals surface area contributed by atoms with Gasteiger partial charge in [-0.05, 0) is 25.9 Å². The van der Waals surface area contributed by atoms with E-state index in [9.17, 15) is 0 Å². The Morgan fingerprint density at radius 3 is 2.89 bits per heavy atom. The molecule has 0 unspecified atom stereocenters. The van der Waals surface area contributed by atoms with E-state index in [-0.39, 0.29) is 0 Å². The van der Waals surface area contributed by atoms with Gasteiger partial charge in [-0.3, -0.25) is 4.90 Å². The average molecular weight is 129 g/mol. The number of hydrogen-bond donors (Lipinski definition) is 1. The minimum atomic E-state index is 0.341. The van der Waals surface area contributed by atoms with Gasteiger partial charge in [0.15, 0.2) is 0 Å². The van der Waals surface area contributed by atoms with Crippen LogP contribution < -0.4 is 0 Å². The maximum absolute atomic E-state index is 8.83. The Bertz CT molecular complexity index is 75.0. The molecule has 1 aliphatic rings. The first-order chi connectivity index (χ1) is 4.38. The highest BCUT2D eigenvalue weighted by atomic mass is 16.3. The van der Waals surface area contributed by atoms with Crippen LogP contribution in [0.1, 0.15) is 19.8 Å². The van der Waals surface area contributed by atoms with Gasteiger partial charge in [0.25, 0.3) is 0 Å². The third-order valence-electron chi connectivity index (χ3n) is 2.12. The zero-order valence-corrected chi connectivity index (χ0v) is 6.01. The van der Waals surface area contributed by atoms with E-state index in [1.165, 1.54) is 19.4 Å². The first kappa shape index (κ1) is 7.03. The first-order valence-corrected chi connectivity index (χ1v) is 3.73. The molecule has 0 aliphatic carbocycles. The number of hydrogen-bond acceptors (Lipinski definition) is 2. The van der Waals surface area contributed by atoms with Crippen LogP contribution in [0.5, 0.6) is 0 Å². The molecule has 2 heteroatoms. The molecule has 9 heavy (non-hydrogen) atoms. The van der Waals surface area contributed by atoms with E-state index in [4.69, 9.17) is 5.11 Å². The van der Waals surface area contributed by atoms with Crippen molar-refractivity contribution in [3.8, 4) is 0 Å². The molecule has 0 saturated carbocycles. The van der Waals surface area contributed by atoms with E-state index in [1.807, 2.05) is 0 Å². The largest absolute Gasteiger partial charge is 0.395 e. The lowest BCUT2D eigenvalue weighted by Gasteiger charge is -2.19. The van der Waals surface area contributed by atoms with Crippen LogP contribution in [-0.2, 0) is 0 Å². The van der Waals surface area contributed by atoms with E-state index in [0.717, 1.165) is 6.54 Å². The monoisotopic (exact) mass is 129 g/mol. The van der Waals surface area contributed by atoms with Crippen molar-refractivity contribution in [1.82, 2.24) is 4.90 Å². The van der Waals surface area contributed by atoms with E-state index in [1.54, 1.807) is 0 Å². The minimum absolute atomic E-state index is 0.341. The normalized spacial score (nSPS) is 29.3. The van der Waals surface area contributed by atoms with Gasteiger partial charge in [-0.2, -0.15) is 0 Å². The standard InChI is InChI=1S/C7H15NO/c1-2-8-5-3-4-7(8)6-9/h7,9H,2-6H2,1H3/t7-/m1/s1. The predicted molar refractivity (Wildman–Crippen MR) is 37.4 cm³/mol. The van der Waals surface area contributed by atoms with Crippen LogP contribution in [0.3, 0.4) is 0 Å². The fourth-order valence-electron chi connectivity index (χ4n) is 1.52. The van der Waals surface area contributed by atoms with E-state index in [2.05, 4.69) is 11.8 Å². The molecule has 1 rings (SSSR count). The molecule has 1 aliphatic heterocycles. The fourth-order valence-corrected chi connectivity index (χ4v) is 1.52. The number of aliphatic hydroxyl groups excluding tert-OH is 1. The Morgan fingerprint density at radius 1 is 1.67 bits per heavy atom. The second kappa shape index (κ2) is 3.18. The highest BCUT2D eigenvalue weighted by Gasteiger charge is 2.21. The lowest BCUT2D eigenvalue weighted by atomic mass is 10.2. The average Bonchev–Trinajstić information content (AvgIpc) is 2.33. The summed E-state index contributed by atoms with van der Waals surface area (Å²) in [5.41, 5.74) is 0. The van der Waals surface area contributed by atoms with Gasteiger partial charge in [0.2, 0.25) is 0 Å². The number of aliphatic hydroxyl groups is 1. The van der Waals surface area contributed by atoms with Crippen LogP contribution in [0.15, 0.2) is 0 Å². The molecular weight excluding hydrogens is 114 g/mol. The van der Waals surface area contributed by atoms with Crippen molar-refractivity contribution in [2.75, 3.05) is 19.7 Å². The van der Waals surface area contributed by atoms with Crippen LogP contribution >= 0.6 is 0 Å². The van der Waals surface area contributed by atoms with Crippen molar-refractivity contribution in [2.24, 2.45) is 0 Å². The Morgan fingerprint density at radius 2 is 2.44 bits per heavy atom. The van der Waals surface area contributed by atoms with Gasteiger partial charge in [-0.15, -0.1) is 0 Å². The lowest BCUT2D eigenvalue weighted by molar-refractivity contribution is 0.164. The second-order valence-corrected chi connectivity index (χ2v) is 2.61. The van der Waals surface area contributed by atoms with Crippen LogP contribution in [0.2, 0.25) is 0 Å². The van der Waals surface area contributed by atoms with Crippen molar-refractivity contribution in [3.63, 3.8) is 0 Å². The van der Waals surface area contributed by atoms with Gasteiger partial charge in [0.05, 0.1) is 6.61 Å². The maximum atomic E-state index is 8.83. The molecule has 0 spiro atoms. The molecule has 1 N–H and O–H groups in total. The van der Waals surface area contributed by atoms with Crippen molar-refractivity contribution in [2.45, 2.75) is 25.8 Å². The summed E-state index contributed by atoms with van der Waals surface area (Å²) in [7, 11) is 0. The van der Waals surface area contributed by atoms with Crippen LogP contribution in [0.25, 0.3) is 0 Å². The number of likely N-dealkylation sites (tertiary alicyclic amines) is 1. The summed E-state index contributed by atoms with van der Waals surface area (Å²) in [6, 6.07) is 0.468. The Balaban J connectivity index is 2.32. The highest BCUT2D eigenvalue weighted by molar-refractivity contribution is 4.76. The SMILES string of the molecule is CCN1CCC[C@@H]1CO. The summed E-state index contributed by atoms with van der Waals surface area (Å²) in [6.45, 7) is 4.76. The zero-order chi connectivity index (χ0) is 6.69. The third kappa shape index (κ3) is 1.43. The quantitative estimate of drug-likeness (QED) is 0.585. The van der Waals surface area contributed by atoms with Crippen molar-refractivity contribution >= 4 is 0 Å². The van der Waals surface area contributed by atoms with Crippen molar-refractivity contribution < 1.29 is 5.11 Å².